The van der Waals surface area contributed by atoms with Crippen molar-refractivity contribution in [1.29, 1.82) is 0 Å². The summed E-state index contributed by atoms with van der Waals surface area (Å²) in [4.78, 5) is 4.24. The average Bonchev–Trinajstić information content (AvgIpc) is 2.64. The molecule has 140 valence electrons. The largest absolute Gasteiger partial charge is 0.376 e. The molecule has 0 atom stereocenters. The fourth-order valence-electron chi connectivity index (χ4n) is 2.79. The van der Waals surface area contributed by atoms with E-state index in [-0.39, 0.29) is 4.90 Å². The second-order valence-electron chi connectivity index (χ2n) is 6.47. The van der Waals surface area contributed by atoms with Crippen LogP contribution in [0.4, 0.5) is 11.5 Å². The Morgan fingerprint density at radius 1 is 1.12 bits per heavy atom. The third kappa shape index (κ3) is 3.77. The molecule has 26 heavy (non-hydrogen) atoms. The second kappa shape index (κ2) is 7.38. The van der Waals surface area contributed by atoms with Crippen molar-refractivity contribution in [2.75, 3.05) is 50.1 Å². The van der Waals surface area contributed by atoms with E-state index in [2.05, 4.69) is 10.2 Å². The highest BCUT2D eigenvalue weighted by molar-refractivity contribution is 7.89. The van der Waals surface area contributed by atoms with Crippen LogP contribution in [-0.2, 0) is 10.0 Å². The van der Waals surface area contributed by atoms with Gasteiger partial charge in [-0.15, -0.1) is 5.10 Å². The summed E-state index contributed by atoms with van der Waals surface area (Å²) in [5, 5.41) is 8.67. The predicted molar refractivity (Wildman–Crippen MR) is 104 cm³/mol. The van der Waals surface area contributed by atoms with Gasteiger partial charge in [0.1, 0.15) is 0 Å². The first-order chi connectivity index (χ1) is 12.3. The van der Waals surface area contributed by atoms with Crippen LogP contribution in [0.25, 0.3) is 0 Å². The van der Waals surface area contributed by atoms with Crippen LogP contribution in [0.15, 0.2) is 35.4 Å². The first-order valence-corrected chi connectivity index (χ1v) is 10.1. The first kappa shape index (κ1) is 18.9. The molecule has 0 N–H and O–H groups in total. The number of sulfonamides is 1. The summed E-state index contributed by atoms with van der Waals surface area (Å²) in [5.41, 5.74) is 1.81. The minimum atomic E-state index is -3.55. The Hall–Kier alpha value is -1.90. The summed E-state index contributed by atoms with van der Waals surface area (Å²) in [6, 6.07) is 6.81. The first-order valence-electron chi connectivity index (χ1n) is 8.30. The fourth-order valence-corrected chi connectivity index (χ4v) is 4.48. The number of aryl methyl sites for hydroxylation is 1. The quantitative estimate of drug-likeness (QED) is 0.788. The zero-order chi connectivity index (χ0) is 18.9. The lowest BCUT2D eigenvalue weighted by Gasteiger charge is -2.34. The van der Waals surface area contributed by atoms with Crippen molar-refractivity contribution in [3.8, 4) is 0 Å². The lowest BCUT2D eigenvalue weighted by molar-refractivity contribution is 0.383. The van der Waals surface area contributed by atoms with Crippen LogP contribution in [-0.4, -0.2) is 63.2 Å². The van der Waals surface area contributed by atoms with Gasteiger partial charge in [-0.2, -0.15) is 9.40 Å². The van der Waals surface area contributed by atoms with E-state index in [4.69, 9.17) is 11.6 Å². The Morgan fingerprint density at radius 3 is 2.42 bits per heavy atom. The number of anilines is 2. The van der Waals surface area contributed by atoms with Gasteiger partial charge in [0.2, 0.25) is 10.0 Å². The van der Waals surface area contributed by atoms with Crippen LogP contribution < -0.4 is 9.80 Å². The zero-order valence-corrected chi connectivity index (χ0v) is 16.6. The van der Waals surface area contributed by atoms with E-state index in [0.29, 0.717) is 31.2 Å². The molecule has 1 aromatic heterocycles. The minimum Gasteiger partial charge on any atom is -0.376 e. The molecule has 0 bridgehead atoms. The fraction of sp³-hybridized carbons (Fsp3) is 0.412. The molecule has 1 aromatic carbocycles. The third-order valence-electron chi connectivity index (χ3n) is 4.49. The van der Waals surface area contributed by atoms with E-state index in [0.717, 1.165) is 17.1 Å². The maximum atomic E-state index is 12.9. The van der Waals surface area contributed by atoms with Gasteiger partial charge in [-0.25, -0.2) is 8.42 Å². The molecular weight excluding hydrogens is 374 g/mol. The molecule has 1 aliphatic heterocycles. The van der Waals surface area contributed by atoms with Crippen molar-refractivity contribution in [3.63, 3.8) is 0 Å². The van der Waals surface area contributed by atoms with Gasteiger partial charge in [0.15, 0.2) is 5.82 Å². The topological polar surface area (TPSA) is 69.6 Å². The molecule has 2 aromatic rings. The predicted octanol–water partition coefficient (Wildman–Crippen LogP) is 2.02. The van der Waals surface area contributed by atoms with Gasteiger partial charge in [0, 0.05) is 51.4 Å². The molecule has 3 rings (SSSR count). The highest BCUT2D eigenvalue weighted by Gasteiger charge is 2.29. The molecule has 1 fully saturated rings. The normalized spacial score (nSPS) is 15.9. The molecule has 1 saturated heterocycles. The molecule has 0 unspecified atom stereocenters. The van der Waals surface area contributed by atoms with Gasteiger partial charge < -0.3 is 9.80 Å². The number of hydrogen-bond acceptors (Lipinski definition) is 6. The Morgan fingerprint density at radius 2 is 1.81 bits per heavy atom. The molecule has 0 amide bonds. The lowest BCUT2D eigenvalue weighted by Crippen LogP contribution is -2.49. The van der Waals surface area contributed by atoms with Crippen LogP contribution in [0.3, 0.4) is 0 Å². The van der Waals surface area contributed by atoms with E-state index in [9.17, 15) is 8.42 Å². The number of benzene rings is 1. The molecule has 0 saturated carbocycles. The van der Waals surface area contributed by atoms with Gasteiger partial charge in [-0.3, -0.25) is 0 Å². The van der Waals surface area contributed by atoms with Crippen LogP contribution in [0.1, 0.15) is 5.56 Å². The van der Waals surface area contributed by atoms with Gasteiger partial charge in [0.25, 0.3) is 0 Å². The molecule has 7 nitrogen and oxygen atoms in total. The summed E-state index contributed by atoms with van der Waals surface area (Å²) in [7, 11) is 0.334. The minimum absolute atomic E-state index is 0.232. The molecule has 0 spiro atoms. The highest BCUT2D eigenvalue weighted by atomic mass is 35.5. The van der Waals surface area contributed by atoms with E-state index in [1.54, 1.807) is 18.3 Å². The number of halogens is 1. The lowest BCUT2D eigenvalue weighted by atomic mass is 10.2. The second-order valence-corrected chi connectivity index (χ2v) is 8.81. The summed E-state index contributed by atoms with van der Waals surface area (Å²) in [6.45, 7) is 3.75. The Bertz CT molecular complexity index is 896. The van der Waals surface area contributed by atoms with Crippen molar-refractivity contribution in [3.05, 3.63) is 41.0 Å². The number of aromatic nitrogens is 2. The molecule has 1 aliphatic rings. The van der Waals surface area contributed by atoms with Crippen molar-refractivity contribution in [2.45, 2.75) is 11.8 Å². The summed E-state index contributed by atoms with van der Waals surface area (Å²) in [5.74, 6) is 0.756. The van der Waals surface area contributed by atoms with Crippen molar-refractivity contribution < 1.29 is 8.42 Å². The average molecular weight is 396 g/mol. The summed E-state index contributed by atoms with van der Waals surface area (Å²) < 4.78 is 27.2. The van der Waals surface area contributed by atoms with Crippen LogP contribution >= 0.6 is 11.6 Å². The number of piperazine rings is 1. The number of hydrogen-bond donors (Lipinski definition) is 0. The molecule has 0 aliphatic carbocycles. The molecule has 2 heterocycles. The van der Waals surface area contributed by atoms with Crippen LogP contribution in [0.2, 0.25) is 5.02 Å². The third-order valence-corrected chi connectivity index (χ3v) is 6.79. The molecule has 0 radical (unpaired) electrons. The van der Waals surface area contributed by atoms with Gasteiger partial charge in [-0.05, 0) is 24.6 Å². The Labute approximate surface area is 159 Å². The van der Waals surface area contributed by atoms with E-state index >= 15 is 0 Å². The van der Waals surface area contributed by atoms with Gasteiger partial charge in [-0.1, -0.05) is 17.7 Å². The van der Waals surface area contributed by atoms with Gasteiger partial charge >= 0.3 is 0 Å². The smallest absolute Gasteiger partial charge is 0.243 e. The Kier molecular flexibility index (Phi) is 5.36. The zero-order valence-electron chi connectivity index (χ0n) is 15.1. The van der Waals surface area contributed by atoms with Crippen molar-refractivity contribution in [2.24, 2.45) is 0 Å². The van der Waals surface area contributed by atoms with Crippen molar-refractivity contribution >= 4 is 33.1 Å². The SMILES string of the molecule is Cc1ccc(S(=O)(=O)N2CCN(c3cc(N(C)C)cnn3)CC2)cc1Cl. The van der Waals surface area contributed by atoms with E-state index in [1.807, 2.05) is 36.9 Å². The standard InChI is InChI=1S/C17H22ClN5O2S/c1-13-4-5-15(11-16(13)18)26(24,25)23-8-6-22(7-9-23)17-10-14(21(2)3)12-19-20-17/h4-5,10-12H,6-9H2,1-3H3. The Balaban J connectivity index is 1.73. The van der Waals surface area contributed by atoms with Crippen molar-refractivity contribution in [1.82, 2.24) is 14.5 Å². The summed E-state index contributed by atoms with van der Waals surface area (Å²) in [6.07, 6.45) is 1.70. The van der Waals surface area contributed by atoms with Gasteiger partial charge in [0.05, 0.1) is 16.8 Å². The molecular formula is C17H22ClN5O2S. The maximum absolute atomic E-state index is 12.9. The monoisotopic (exact) mass is 395 g/mol. The number of nitrogens with zero attached hydrogens (tertiary/aromatic N) is 5. The molecule has 9 heteroatoms. The number of rotatable bonds is 4. The van der Waals surface area contributed by atoms with E-state index < -0.39 is 10.0 Å². The van der Waals surface area contributed by atoms with Crippen LogP contribution in [0.5, 0.6) is 0 Å². The highest BCUT2D eigenvalue weighted by Crippen LogP contribution is 2.25. The maximum Gasteiger partial charge on any atom is 0.243 e. The van der Waals surface area contributed by atoms with E-state index in [1.165, 1.54) is 10.4 Å². The summed E-state index contributed by atoms with van der Waals surface area (Å²) >= 11 is 6.09. The van der Waals surface area contributed by atoms with Crippen LogP contribution in [0, 0.1) is 6.92 Å².